The van der Waals surface area contributed by atoms with Crippen LogP contribution in [-0.4, -0.2) is 38.9 Å². The van der Waals surface area contributed by atoms with Crippen LogP contribution >= 0.6 is 0 Å². The van der Waals surface area contributed by atoms with Gasteiger partial charge in [-0.05, 0) is 43.0 Å². The van der Waals surface area contributed by atoms with Gasteiger partial charge in [0.25, 0.3) is 0 Å². The molecule has 30 heavy (non-hydrogen) atoms. The zero-order chi connectivity index (χ0) is 21.0. The maximum absolute atomic E-state index is 13.0. The second kappa shape index (κ2) is 6.83. The summed E-state index contributed by atoms with van der Waals surface area (Å²) in [6, 6.07) is 3.73. The Kier molecular flexibility index (Phi) is 4.35. The quantitative estimate of drug-likeness (QED) is 0.638. The average Bonchev–Trinajstić information content (AvgIpc) is 3.26. The Morgan fingerprint density at radius 1 is 1.20 bits per heavy atom. The molecule has 4 heterocycles. The molecular formula is C20H20F3N5O2. The minimum atomic E-state index is -4.37. The van der Waals surface area contributed by atoms with Gasteiger partial charge >= 0.3 is 11.9 Å². The van der Waals surface area contributed by atoms with E-state index in [2.05, 4.69) is 9.97 Å². The summed E-state index contributed by atoms with van der Waals surface area (Å²) in [4.78, 5) is 23.7. The monoisotopic (exact) mass is 419 g/mol. The highest BCUT2D eigenvalue weighted by Crippen LogP contribution is 2.38. The Labute approximate surface area is 169 Å². The fourth-order valence-electron chi connectivity index (χ4n) is 4.31. The van der Waals surface area contributed by atoms with Crippen molar-refractivity contribution in [3.8, 4) is 0 Å². The van der Waals surface area contributed by atoms with Gasteiger partial charge in [0.05, 0.1) is 11.8 Å². The molecule has 158 valence electrons. The second-order valence-corrected chi connectivity index (χ2v) is 7.68. The molecule has 0 N–H and O–H groups in total. The molecule has 3 aromatic rings. The first-order valence-electron chi connectivity index (χ1n) is 9.84. The molecule has 0 spiro atoms. The fraction of sp³-hybridized carbons (Fsp3) is 0.450. The summed E-state index contributed by atoms with van der Waals surface area (Å²) in [6.45, 7) is 1.66. The first kappa shape index (κ1) is 19.1. The lowest BCUT2D eigenvalue weighted by atomic mass is 10.1. The van der Waals surface area contributed by atoms with E-state index in [9.17, 15) is 18.0 Å². The van der Waals surface area contributed by atoms with E-state index in [1.807, 2.05) is 0 Å². The van der Waals surface area contributed by atoms with E-state index in [0.29, 0.717) is 54.5 Å². The molecule has 2 aliphatic rings. The van der Waals surface area contributed by atoms with Crippen molar-refractivity contribution < 1.29 is 17.9 Å². The normalized spacial score (nSPS) is 17.7. The third-order valence-corrected chi connectivity index (χ3v) is 5.92. The van der Waals surface area contributed by atoms with Gasteiger partial charge in [0.15, 0.2) is 5.65 Å². The lowest BCUT2D eigenvalue weighted by Gasteiger charge is -2.23. The molecule has 1 saturated heterocycles. The van der Waals surface area contributed by atoms with Crippen molar-refractivity contribution in [1.82, 2.24) is 19.1 Å². The molecule has 0 unspecified atom stereocenters. The highest BCUT2D eigenvalue weighted by molar-refractivity contribution is 5.75. The van der Waals surface area contributed by atoms with Crippen LogP contribution in [0.5, 0.6) is 0 Å². The molecule has 5 rings (SSSR count). The Morgan fingerprint density at radius 2 is 1.97 bits per heavy atom. The van der Waals surface area contributed by atoms with Gasteiger partial charge in [-0.2, -0.15) is 18.2 Å². The minimum absolute atomic E-state index is 0.00194. The number of rotatable bonds is 2. The van der Waals surface area contributed by atoms with E-state index >= 15 is 0 Å². The molecule has 0 bridgehead atoms. The molecule has 7 nitrogen and oxygen atoms in total. The van der Waals surface area contributed by atoms with Crippen LogP contribution in [-0.2, 0) is 24.4 Å². The number of hydrogen-bond donors (Lipinski definition) is 0. The third kappa shape index (κ3) is 2.97. The van der Waals surface area contributed by atoms with Crippen molar-refractivity contribution in [3.63, 3.8) is 0 Å². The topological polar surface area (TPSA) is 65.2 Å². The molecule has 10 heteroatoms. The van der Waals surface area contributed by atoms with Gasteiger partial charge in [-0.3, -0.25) is 9.13 Å². The summed E-state index contributed by atoms with van der Waals surface area (Å²) < 4.78 is 47.7. The largest absolute Gasteiger partial charge is 0.416 e. The van der Waals surface area contributed by atoms with Gasteiger partial charge in [-0.1, -0.05) is 0 Å². The van der Waals surface area contributed by atoms with Crippen molar-refractivity contribution in [3.05, 3.63) is 46.0 Å². The van der Waals surface area contributed by atoms with Crippen molar-refractivity contribution in [2.24, 2.45) is 7.05 Å². The number of ether oxygens (including phenoxy) is 1. The molecule has 0 radical (unpaired) electrons. The highest BCUT2D eigenvalue weighted by atomic mass is 19.4. The molecule has 2 aliphatic heterocycles. The Balaban J connectivity index is 1.58. The second-order valence-electron chi connectivity index (χ2n) is 7.68. The van der Waals surface area contributed by atoms with Crippen molar-refractivity contribution in [2.75, 3.05) is 24.7 Å². The number of anilines is 2. The van der Waals surface area contributed by atoms with Crippen LogP contribution in [0.15, 0.2) is 29.2 Å². The molecule has 0 aliphatic carbocycles. The van der Waals surface area contributed by atoms with E-state index in [4.69, 9.17) is 4.74 Å². The predicted octanol–water partition coefficient (Wildman–Crippen LogP) is 3.19. The number of halogens is 3. The SMILES string of the molecule is Cn1c(=O)n(C2CCOCC2)c2nc(N3CCc4cc(C(F)(F)F)ccc43)ncc21. The molecule has 1 aromatic carbocycles. The van der Waals surface area contributed by atoms with Crippen molar-refractivity contribution in [1.29, 1.82) is 0 Å². The standard InChI is InChI=1S/C20H20F3N5O2/c1-26-16-11-24-18(25-17(16)28(19(26)29)14-5-8-30-9-6-14)27-7-4-12-10-13(20(21,22)23)2-3-15(12)27/h2-3,10-11,14H,4-9H2,1H3. The lowest BCUT2D eigenvalue weighted by molar-refractivity contribution is -0.137. The molecule has 2 aromatic heterocycles. The first-order chi connectivity index (χ1) is 14.3. The van der Waals surface area contributed by atoms with Crippen LogP contribution in [0.25, 0.3) is 11.2 Å². The molecule has 0 amide bonds. The highest BCUT2D eigenvalue weighted by Gasteiger charge is 2.33. The number of aryl methyl sites for hydroxylation is 1. The smallest absolute Gasteiger partial charge is 0.381 e. The minimum Gasteiger partial charge on any atom is -0.381 e. The molecule has 0 saturated carbocycles. The summed E-state index contributed by atoms with van der Waals surface area (Å²) in [5.74, 6) is 0.382. The number of nitrogens with zero attached hydrogens (tertiary/aromatic N) is 5. The first-order valence-corrected chi connectivity index (χ1v) is 9.84. The Morgan fingerprint density at radius 3 is 2.70 bits per heavy atom. The van der Waals surface area contributed by atoms with Crippen LogP contribution in [0, 0.1) is 0 Å². The summed E-state index contributed by atoms with van der Waals surface area (Å²) in [5.41, 5.74) is 1.64. The summed E-state index contributed by atoms with van der Waals surface area (Å²) in [5, 5.41) is 0. The van der Waals surface area contributed by atoms with E-state index in [-0.39, 0.29) is 11.7 Å². The van der Waals surface area contributed by atoms with Crippen LogP contribution in [0.2, 0.25) is 0 Å². The third-order valence-electron chi connectivity index (χ3n) is 5.92. The number of alkyl halides is 3. The molecule has 1 fully saturated rings. The molecular weight excluding hydrogens is 399 g/mol. The number of hydrogen-bond acceptors (Lipinski definition) is 5. The van der Waals surface area contributed by atoms with Gasteiger partial charge in [-0.25, -0.2) is 9.78 Å². The van der Waals surface area contributed by atoms with Crippen LogP contribution in [0.3, 0.4) is 0 Å². The number of imidazole rings is 1. The van der Waals surface area contributed by atoms with Gasteiger partial charge in [0, 0.05) is 38.5 Å². The van der Waals surface area contributed by atoms with E-state index in [0.717, 1.165) is 18.9 Å². The Hall–Kier alpha value is -2.88. The van der Waals surface area contributed by atoms with Crippen LogP contribution in [0.1, 0.15) is 30.0 Å². The summed E-state index contributed by atoms with van der Waals surface area (Å²) in [7, 11) is 1.69. The number of fused-ring (bicyclic) bond motifs is 2. The number of aromatic nitrogens is 4. The summed E-state index contributed by atoms with van der Waals surface area (Å²) in [6.07, 6.45) is -0.836. The maximum Gasteiger partial charge on any atom is 0.416 e. The lowest BCUT2D eigenvalue weighted by Crippen LogP contribution is -2.30. The average molecular weight is 419 g/mol. The van der Waals surface area contributed by atoms with Gasteiger partial charge < -0.3 is 9.64 Å². The summed E-state index contributed by atoms with van der Waals surface area (Å²) >= 11 is 0. The Bertz CT molecular complexity index is 1180. The van der Waals surface area contributed by atoms with Gasteiger partial charge in [0.1, 0.15) is 5.52 Å². The maximum atomic E-state index is 13.0. The van der Waals surface area contributed by atoms with Crippen LogP contribution < -0.4 is 10.6 Å². The van der Waals surface area contributed by atoms with Crippen molar-refractivity contribution in [2.45, 2.75) is 31.5 Å². The van der Waals surface area contributed by atoms with E-state index < -0.39 is 11.7 Å². The zero-order valence-corrected chi connectivity index (χ0v) is 16.3. The fourth-order valence-corrected chi connectivity index (χ4v) is 4.31. The zero-order valence-electron chi connectivity index (χ0n) is 16.3. The predicted molar refractivity (Wildman–Crippen MR) is 104 cm³/mol. The molecule has 0 atom stereocenters. The van der Waals surface area contributed by atoms with E-state index in [1.54, 1.807) is 22.7 Å². The van der Waals surface area contributed by atoms with E-state index in [1.165, 1.54) is 16.7 Å². The number of benzene rings is 1. The van der Waals surface area contributed by atoms with Crippen molar-refractivity contribution >= 4 is 22.8 Å². The van der Waals surface area contributed by atoms with Gasteiger partial charge in [0.2, 0.25) is 5.95 Å². The van der Waals surface area contributed by atoms with Gasteiger partial charge in [-0.15, -0.1) is 0 Å². The van der Waals surface area contributed by atoms with Crippen LogP contribution in [0.4, 0.5) is 24.8 Å².